The summed E-state index contributed by atoms with van der Waals surface area (Å²) in [4.78, 5) is 12.2. The van der Waals surface area contributed by atoms with E-state index in [2.05, 4.69) is 10.6 Å². The number of furan rings is 1. The Hall–Kier alpha value is -1.81. The molecule has 0 radical (unpaired) electrons. The van der Waals surface area contributed by atoms with Crippen LogP contribution < -0.4 is 10.6 Å². The minimum atomic E-state index is -0.0179. The van der Waals surface area contributed by atoms with Crippen LogP contribution in [0.25, 0.3) is 11.0 Å². The van der Waals surface area contributed by atoms with Crippen LogP contribution in [-0.2, 0) is 0 Å². The predicted molar refractivity (Wildman–Crippen MR) is 69.6 cm³/mol. The fourth-order valence-corrected chi connectivity index (χ4v) is 2.43. The van der Waals surface area contributed by atoms with Gasteiger partial charge in [-0.1, -0.05) is 6.07 Å². The Morgan fingerprint density at radius 2 is 2.33 bits per heavy atom. The van der Waals surface area contributed by atoms with E-state index < -0.39 is 0 Å². The summed E-state index contributed by atoms with van der Waals surface area (Å²) < 4.78 is 5.31. The van der Waals surface area contributed by atoms with Crippen LogP contribution in [0.4, 0.5) is 0 Å². The van der Waals surface area contributed by atoms with Crippen LogP contribution in [0.3, 0.4) is 0 Å². The highest BCUT2D eigenvalue weighted by atomic mass is 16.3. The maximum atomic E-state index is 12.2. The van der Waals surface area contributed by atoms with Crippen LogP contribution in [-0.4, -0.2) is 25.0 Å². The molecule has 1 amide bonds. The van der Waals surface area contributed by atoms with Crippen molar-refractivity contribution in [2.75, 3.05) is 13.1 Å². The van der Waals surface area contributed by atoms with Crippen molar-refractivity contribution in [1.29, 1.82) is 0 Å². The topological polar surface area (TPSA) is 54.3 Å². The van der Waals surface area contributed by atoms with E-state index in [0.29, 0.717) is 5.56 Å². The Bertz CT molecular complexity index is 556. The van der Waals surface area contributed by atoms with Crippen LogP contribution in [0, 0.1) is 0 Å². The quantitative estimate of drug-likeness (QED) is 0.848. The molecule has 0 spiro atoms. The number of carbonyl (C=O) groups excluding carboxylic acids is 1. The molecule has 0 bridgehead atoms. The van der Waals surface area contributed by atoms with Gasteiger partial charge in [-0.25, -0.2) is 0 Å². The fraction of sp³-hybridized carbons (Fsp3) is 0.357. The minimum Gasteiger partial charge on any atom is -0.464 e. The number of piperidine rings is 1. The zero-order valence-corrected chi connectivity index (χ0v) is 10.1. The molecule has 1 aromatic carbocycles. The second kappa shape index (κ2) is 4.82. The Kier molecular flexibility index (Phi) is 3.02. The van der Waals surface area contributed by atoms with Crippen molar-refractivity contribution in [2.45, 2.75) is 18.9 Å². The Morgan fingerprint density at radius 1 is 1.39 bits per heavy atom. The lowest BCUT2D eigenvalue weighted by Crippen LogP contribution is -2.45. The first kappa shape index (κ1) is 11.3. The van der Waals surface area contributed by atoms with Crippen LogP contribution in [0.15, 0.2) is 34.9 Å². The summed E-state index contributed by atoms with van der Waals surface area (Å²) in [6.45, 7) is 1.90. The van der Waals surface area contributed by atoms with Crippen molar-refractivity contribution in [3.05, 3.63) is 36.1 Å². The molecule has 3 rings (SSSR count). The average Bonchev–Trinajstić information content (AvgIpc) is 2.87. The van der Waals surface area contributed by atoms with Crippen molar-refractivity contribution >= 4 is 16.9 Å². The minimum absolute atomic E-state index is 0.0179. The molecule has 94 valence electrons. The molecule has 0 saturated carbocycles. The van der Waals surface area contributed by atoms with Crippen LogP contribution >= 0.6 is 0 Å². The van der Waals surface area contributed by atoms with Crippen molar-refractivity contribution in [3.63, 3.8) is 0 Å². The second-order valence-electron chi connectivity index (χ2n) is 4.65. The van der Waals surface area contributed by atoms with Crippen molar-refractivity contribution in [2.24, 2.45) is 0 Å². The standard InChI is InChI=1S/C14H16N2O2/c17-14(16-10-3-2-7-15-9-10)12-4-1-5-13-11(12)6-8-18-13/h1,4-6,8,10,15H,2-3,7,9H2,(H,16,17). The van der Waals surface area contributed by atoms with Gasteiger partial charge in [-0.2, -0.15) is 0 Å². The second-order valence-corrected chi connectivity index (χ2v) is 4.65. The maximum Gasteiger partial charge on any atom is 0.252 e. The van der Waals surface area contributed by atoms with Gasteiger partial charge in [0.15, 0.2) is 0 Å². The number of benzene rings is 1. The van der Waals surface area contributed by atoms with Crippen LogP contribution in [0.1, 0.15) is 23.2 Å². The van der Waals surface area contributed by atoms with E-state index in [-0.39, 0.29) is 11.9 Å². The molecular weight excluding hydrogens is 228 g/mol. The zero-order valence-electron chi connectivity index (χ0n) is 10.1. The van der Waals surface area contributed by atoms with Crippen molar-refractivity contribution < 1.29 is 9.21 Å². The highest BCUT2D eigenvalue weighted by molar-refractivity contribution is 6.06. The molecule has 18 heavy (non-hydrogen) atoms. The summed E-state index contributed by atoms with van der Waals surface area (Å²) in [7, 11) is 0. The lowest BCUT2D eigenvalue weighted by molar-refractivity contribution is 0.0932. The molecule has 1 atom stereocenters. The number of hydrogen-bond donors (Lipinski definition) is 2. The summed E-state index contributed by atoms with van der Waals surface area (Å²) in [6, 6.07) is 7.62. The largest absolute Gasteiger partial charge is 0.464 e. The molecule has 1 saturated heterocycles. The summed E-state index contributed by atoms with van der Waals surface area (Å²) in [5.74, 6) is -0.0179. The van der Waals surface area contributed by atoms with Crippen molar-refractivity contribution in [1.82, 2.24) is 10.6 Å². The van der Waals surface area contributed by atoms with E-state index in [1.165, 1.54) is 0 Å². The number of rotatable bonds is 2. The maximum absolute atomic E-state index is 12.2. The van der Waals surface area contributed by atoms with Gasteiger partial charge >= 0.3 is 0 Å². The summed E-state index contributed by atoms with van der Waals surface area (Å²) in [6.07, 6.45) is 3.77. The Labute approximate surface area is 105 Å². The normalized spacial score (nSPS) is 19.9. The molecule has 2 heterocycles. The van der Waals surface area contributed by atoms with Gasteiger partial charge in [0, 0.05) is 18.0 Å². The van der Waals surface area contributed by atoms with Gasteiger partial charge in [0.2, 0.25) is 0 Å². The van der Waals surface area contributed by atoms with Gasteiger partial charge in [-0.15, -0.1) is 0 Å². The van der Waals surface area contributed by atoms with Gasteiger partial charge in [-0.3, -0.25) is 4.79 Å². The van der Waals surface area contributed by atoms with Gasteiger partial charge < -0.3 is 15.1 Å². The van der Waals surface area contributed by atoms with E-state index >= 15 is 0 Å². The number of carbonyl (C=O) groups is 1. The zero-order chi connectivity index (χ0) is 12.4. The molecule has 4 heteroatoms. The third-order valence-electron chi connectivity index (χ3n) is 3.37. The summed E-state index contributed by atoms with van der Waals surface area (Å²) in [5, 5.41) is 7.24. The van der Waals surface area contributed by atoms with Crippen molar-refractivity contribution in [3.8, 4) is 0 Å². The Balaban J connectivity index is 1.81. The molecule has 1 aliphatic heterocycles. The SMILES string of the molecule is O=C(NC1CCCNC1)c1cccc2occc12. The molecule has 1 aliphatic rings. The number of hydrogen-bond acceptors (Lipinski definition) is 3. The third-order valence-corrected chi connectivity index (χ3v) is 3.37. The van der Waals surface area contributed by atoms with E-state index in [9.17, 15) is 4.79 Å². The van der Waals surface area contributed by atoms with E-state index in [1.54, 1.807) is 6.26 Å². The number of nitrogens with one attached hydrogen (secondary N) is 2. The van der Waals surface area contributed by atoms with Gasteiger partial charge in [-0.05, 0) is 37.6 Å². The smallest absolute Gasteiger partial charge is 0.252 e. The number of fused-ring (bicyclic) bond motifs is 1. The summed E-state index contributed by atoms with van der Waals surface area (Å²) >= 11 is 0. The molecule has 2 aromatic rings. The van der Waals surface area contributed by atoms with E-state index in [0.717, 1.165) is 36.9 Å². The first-order chi connectivity index (χ1) is 8.84. The Morgan fingerprint density at radius 3 is 3.17 bits per heavy atom. The molecule has 1 fully saturated rings. The monoisotopic (exact) mass is 244 g/mol. The molecular formula is C14H16N2O2. The molecule has 2 N–H and O–H groups in total. The first-order valence-corrected chi connectivity index (χ1v) is 6.32. The first-order valence-electron chi connectivity index (χ1n) is 6.32. The fourth-order valence-electron chi connectivity index (χ4n) is 2.43. The van der Waals surface area contributed by atoms with Gasteiger partial charge in [0.1, 0.15) is 5.58 Å². The lowest BCUT2D eigenvalue weighted by Gasteiger charge is -2.23. The highest BCUT2D eigenvalue weighted by Gasteiger charge is 2.18. The lowest BCUT2D eigenvalue weighted by atomic mass is 10.1. The van der Waals surface area contributed by atoms with Crippen LogP contribution in [0.2, 0.25) is 0 Å². The van der Waals surface area contributed by atoms with Gasteiger partial charge in [0.05, 0.1) is 11.8 Å². The van der Waals surface area contributed by atoms with E-state index in [4.69, 9.17) is 4.42 Å². The molecule has 4 nitrogen and oxygen atoms in total. The number of amides is 1. The third kappa shape index (κ3) is 2.11. The van der Waals surface area contributed by atoms with Crippen LogP contribution in [0.5, 0.6) is 0 Å². The predicted octanol–water partition coefficient (Wildman–Crippen LogP) is 1.91. The molecule has 1 unspecified atom stereocenters. The molecule has 1 aromatic heterocycles. The molecule has 0 aliphatic carbocycles. The van der Waals surface area contributed by atoms with Gasteiger partial charge in [0.25, 0.3) is 5.91 Å². The summed E-state index contributed by atoms with van der Waals surface area (Å²) in [5.41, 5.74) is 1.44. The highest BCUT2D eigenvalue weighted by Crippen LogP contribution is 2.20. The van der Waals surface area contributed by atoms with E-state index in [1.807, 2.05) is 24.3 Å². The average molecular weight is 244 g/mol.